The molecule has 0 unspecified atom stereocenters. The Balaban J connectivity index is 0.000000730. The van der Waals surface area contributed by atoms with Crippen LogP contribution in [0, 0.1) is 0 Å². The number of hydrogen-bond acceptors (Lipinski definition) is 14. The molecule has 2 bridgehead atoms. The van der Waals surface area contributed by atoms with Gasteiger partial charge in [0.05, 0.1) is 11.0 Å². The van der Waals surface area contributed by atoms with Gasteiger partial charge in [0, 0.05) is 37.4 Å². The number of likely N-dealkylation sites (N-methyl/N-ethyl adjacent to an activating group) is 1. The van der Waals surface area contributed by atoms with E-state index in [-0.39, 0.29) is 35.3 Å². The number of rotatable bonds is 9. The molecule has 1 fully saturated rings. The summed E-state index contributed by atoms with van der Waals surface area (Å²) in [5.74, 6) is -9.34. The molecule has 1 saturated heterocycles. The highest BCUT2D eigenvalue weighted by atomic mass is 19.4. The molecule has 2 aliphatic carbocycles. The number of nitrogens with zero attached hydrogens (tertiary/aromatic N) is 1. The highest BCUT2D eigenvalue weighted by molar-refractivity contribution is 5.90. The number of piperidine rings is 1. The number of aliphatic carboxylic acids is 2. The van der Waals surface area contributed by atoms with Gasteiger partial charge in [-0.15, -0.1) is 0 Å². The smallest absolute Gasteiger partial charge is 0.490 e. The Bertz CT molecular complexity index is 1900. The van der Waals surface area contributed by atoms with Crippen molar-refractivity contribution in [3.05, 3.63) is 71.0 Å². The Morgan fingerprint density at radius 3 is 2.07 bits per heavy atom. The zero-order valence-corrected chi connectivity index (χ0v) is 28.7. The van der Waals surface area contributed by atoms with E-state index in [1.54, 1.807) is 12.1 Å². The molecule has 4 N–H and O–H groups in total. The molecule has 2 aliphatic heterocycles. The Hall–Kier alpha value is -5.69. The first kappa shape index (κ1) is 39.5. The zero-order chi connectivity index (χ0) is 39.9. The molecule has 0 radical (unpaired) electrons. The summed E-state index contributed by atoms with van der Waals surface area (Å²) in [4.78, 5) is 74.4. The number of carboxylic acid groups (broad SMARTS) is 2. The average Bonchev–Trinajstić information content (AvgIpc) is 3.45. The van der Waals surface area contributed by atoms with Gasteiger partial charge in [-0.2, -0.15) is 13.2 Å². The van der Waals surface area contributed by atoms with Crippen molar-refractivity contribution in [1.29, 1.82) is 0 Å². The average molecular weight is 766 g/mol. The lowest BCUT2D eigenvalue weighted by Gasteiger charge is -2.61. The molecule has 0 aromatic heterocycles. The van der Waals surface area contributed by atoms with Gasteiger partial charge >= 0.3 is 42.0 Å². The molecule has 2 aromatic carbocycles. The van der Waals surface area contributed by atoms with Crippen molar-refractivity contribution >= 4 is 35.8 Å². The Morgan fingerprint density at radius 2 is 1.52 bits per heavy atom. The number of likely N-dealkylation sites (tertiary alicyclic amines) is 1. The largest absolute Gasteiger partial charge is 0.504 e. The molecule has 2 heterocycles. The lowest BCUT2D eigenvalue weighted by Crippen LogP contribution is -2.74. The predicted octanol–water partition coefficient (Wildman–Crippen LogP) is 2.08. The monoisotopic (exact) mass is 765 g/mol. The van der Waals surface area contributed by atoms with Gasteiger partial charge in [-0.3, -0.25) is 9.59 Å². The summed E-state index contributed by atoms with van der Waals surface area (Å²) in [6, 6.07) is 10.4. The maximum atomic E-state index is 13.8. The van der Waals surface area contributed by atoms with Crippen molar-refractivity contribution in [2.45, 2.75) is 80.8 Å². The van der Waals surface area contributed by atoms with Crippen molar-refractivity contribution < 1.29 is 86.0 Å². The van der Waals surface area contributed by atoms with Crippen LogP contribution in [-0.4, -0.2) is 111 Å². The summed E-state index contributed by atoms with van der Waals surface area (Å²) in [6.07, 6.45) is -10.1. The summed E-state index contributed by atoms with van der Waals surface area (Å²) < 4.78 is 59.1. The lowest BCUT2D eigenvalue weighted by atomic mass is 9.50. The summed E-state index contributed by atoms with van der Waals surface area (Å²) in [5.41, 5.74) is -0.906. The maximum Gasteiger partial charge on any atom is 0.490 e. The number of hydrogen-bond donors (Lipinski definition) is 4. The highest BCUT2D eigenvalue weighted by Crippen LogP contribution is 2.65. The van der Waals surface area contributed by atoms with E-state index in [1.807, 2.05) is 7.05 Å². The van der Waals surface area contributed by atoms with Gasteiger partial charge in [0.25, 0.3) is 0 Å². The van der Waals surface area contributed by atoms with Crippen molar-refractivity contribution in [3.8, 4) is 11.5 Å². The number of phenolic OH excluding ortho intramolecular Hbond substituents is 1. The molecule has 2 aromatic rings. The van der Waals surface area contributed by atoms with Crippen LogP contribution < -0.4 is 4.74 Å². The number of benzene rings is 2. The van der Waals surface area contributed by atoms with Crippen molar-refractivity contribution in [2.24, 2.45) is 0 Å². The van der Waals surface area contributed by atoms with E-state index >= 15 is 0 Å². The topological polar surface area (TPSA) is 233 Å². The van der Waals surface area contributed by atoms with Gasteiger partial charge in [-0.05, 0) is 44.1 Å². The second kappa shape index (κ2) is 14.6. The quantitative estimate of drug-likeness (QED) is 0.211. The van der Waals surface area contributed by atoms with Crippen LogP contribution in [0.25, 0.3) is 0 Å². The number of alkyl halides is 3. The standard InChI is InChI=1S/C33H33NO13.C2HF3O2/c1-16(35)43-26(27(44-17(2)36)31(41)47-24(29(38)39)18-7-5-4-6-8-18)30(40)45-21-11-12-33(42)22-15-19-9-10-20(37)25-23(19)32(33,28(21)46-25)13-14-34(22)3;3-2(4,5)1(6)7/h4-11,22,24,26-28,37,42H,12-15H2,1-3H3,(H,38,39);(H,6,7)/t22-,24-,26-,27-,28+,32+,33-;/m1./s1. The molecule has 1 spiro atoms. The number of halogens is 3. The minimum absolute atomic E-state index is 0.0318. The van der Waals surface area contributed by atoms with Gasteiger partial charge in [0.1, 0.15) is 5.76 Å². The number of esters is 4. The summed E-state index contributed by atoms with van der Waals surface area (Å²) >= 11 is 0. The summed E-state index contributed by atoms with van der Waals surface area (Å²) in [7, 11) is 1.91. The van der Waals surface area contributed by atoms with Gasteiger partial charge < -0.3 is 49.0 Å². The van der Waals surface area contributed by atoms with E-state index in [0.717, 1.165) is 19.4 Å². The Kier molecular flexibility index (Phi) is 10.7. The predicted molar refractivity (Wildman–Crippen MR) is 170 cm³/mol. The van der Waals surface area contributed by atoms with E-state index in [2.05, 4.69) is 4.90 Å². The van der Waals surface area contributed by atoms with E-state index in [0.29, 0.717) is 24.9 Å². The first-order valence-corrected chi connectivity index (χ1v) is 16.2. The highest BCUT2D eigenvalue weighted by Gasteiger charge is 2.72. The first-order chi connectivity index (χ1) is 25.2. The van der Waals surface area contributed by atoms with Crippen LogP contribution in [0.4, 0.5) is 13.2 Å². The lowest BCUT2D eigenvalue weighted by molar-refractivity contribution is -0.195. The molecular weight excluding hydrogens is 731 g/mol. The number of carbonyl (C=O) groups is 6. The molecule has 54 heavy (non-hydrogen) atoms. The molecule has 0 saturated carbocycles. The number of carbonyl (C=O) groups excluding carboxylic acids is 4. The number of ether oxygens (including phenoxy) is 5. The van der Waals surface area contributed by atoms with Gasteiger partial charge in [0.2, 0.25) is 18.3 Å². The van der Waals surface area contributed by atoms with Crippen molar-refractivity contribution in [3.63, 3.8) is 0 Å². The fraction of sp³-hybridized carbons (Fsp3) is 0.429. The van der Waals surface area contributed by atoms with Crippen LogP contribution in [0.5, 0.6) is 11.5 Å². The molecule has 0 amide bonds. The van der Waals surface area contributed by atoms with Crippen LogP contribution >= 0.6 is 0 Å². The third kappa shape index (κ3) is 7.03. The number of aliphatic hydroxyl groups is 1. The van der Waals surface area contributed by atoms with Crippen molar-refractivity contribution in [2.75, 3.05) is 13.6 Å². The summed E-state index contributed by atoms with van der Waals surface area (Å²) in [6.45, 7) is 2.44. The third-order valence-corrected chi connectivity index (χ3v) is 9.70. The van der Waals surface area contributed by atoms with Crippen LogP contribution in [0.3, 0.4) is 0 Å². The van der Waals surface area contributed by atoms with Crippen LogP contribution in [0.1, 0.15) is 49.5 Å². The Morgan fingerprint density at radius 1 is 0.926 bits per heavy atom. The van der Waals surface area contributed by atoms with Gasteiger partial charge in [-0.25, -0.2) is 19.2 Å². The normalized spacial score (nSPS) is 25.1. The van der Waals surface area contributed by atoms with Crippen LogP contribution in [0.15, 0.2) is 54.3 Å². The SMILES string of the molecule is CC(=O)O[C@@H](C(=O)OC1=CC[C@@]2(O)[C@H]3Cc4ccc(O)c5c4[C@@]2(CCN3C)[C@H]1O5)[C@@H](OC(C)=O)C(=O)O[C@@H](C(=O)O)c1ccccc1.O=C(O)C(F)(F)F. The second-order valence-electron chi connectivity index (χ2n) is 13.0. The minimum atomic E-state index is -5.08. The molecule has 4 aliphatic rings. The molecule has 16 nitrogen and oxygen atoms in total. The van der Waals surface area contributed by atoms with Crippen molar-refractivity contribution in [1.82, 2.24) is 4.90 Å². The molecule has 7 atom stereocenters. The maximum absolute atomic E-state index is 13.8. The summed E-state index contributed by atoms with van der Waals surface area (Å²) in [5, 5.41) is 40.0. The molecule has 6 rings (SSSR count). The van der Waals surface area contributed by atoms with E-state index in [4.69, 9.17) is 33.6 Å². The van der Waals surface area contributed by atoms with E-state index in [9.17, 15) is 52.5 Å². The second-order valence-corrected chi connectivity index (χ2v) is 13.0. The minimum Gasteiger partial charge on any atom is -0.504 e. The first-order valence-electron chi connectivity index (χ1n) is 16.2. The van der Waals surface area contributed by atoms with Gasteiger partial charge in [-0.1, -0.05) is 36.4 Å². The number of phenols is 1. The molecular formula is C35H34F3NO15. The van der Waals surface area contributed by atoms with Crippen LogP contribution in [0.2, 0.25) is 0 Å². The fourth-order valence-corrected chi connectivity index (χ4v) is 7.51. The van der Waals surface area contributed by atoms with E-state index in [1.165, 1.54) is 36.4 Å². The number of aromatic hydroxyl groups is 1. The number of carboxylic acids is 2. The molecule has 290 valence electrons. The zero-order valence-electron chi connectivity index (χ0n) is 28.7. The Labute approximate surface area is 303 Å². The molecule has 19 heteroatoms. The third-order valence-electron chi connectivity index (χ3n) is 9.70. The van der Waals surface area contributed by atoms with Crippen LogP contribution in [-0.2, 0) is 59.6 Å². The fourth-order valence-electron chi connectivity index (χ4n) is 7.51. The van der Waals surface area contributed by atoms with Gasteiger partial charge in [0.15, 0.2) is 17.6 Å². The van der Waals surface area contributed by atoms with E-state index < -0.39 is 77.4 Å².